The van der Waals surface area contributed by atoms with Gasteiger partial charge in [-0.25, -0.2) is 8.42 Å². The molecule has 1 N–H and O–H groups in total. The Balaban J connectivity index is 2.85. The van der Waals surface area contributed by atoms with Gasteiger partial charge in [0, 0.05) is 13.6 Å². The summed E-state index contributed by atoms with van der Waals surface area (Å²) < 4.78 is 31.3. The zero-order valence-corrected chi connectivity index (χ0v) is 13.2. The van der Waals surface area contributed by atoms with Crippen LogP contribution in [0.2, 0.25) is 0 Å². The van der Waals surface area contributed by atoms with Gasteiger partial charge < -0.3 is 9.73 Å². The standard InChI is InChI=1S/C13H24N2O3S/c1-6-14-9-11-7-8-12(18-11)19(16,17)15(5)10-13(2,3)4/h7-8,14H,6,9-10H2,1-5H3. The van der Waals surface area contributed by atoms with Crippen molar-refractivity contribution in [3.8, 4) is 0 Å². The van der Waals surface area contributed by atoms with Crippen molar-refractivity contribution < 1.29 is 12.8 Å². The molecule has 0 aromatic carbocycles. The summed E-state index contributed by atoms with van der Waals surface area (Å²) in [5.41, 5.74) is -0.0962. The third-order valence-corrected chi connectivity index (χ3v) is 4.23. The molecule has 0 spiro atoms. The smallest absolute Gasteiger partial charge is 0.276 e. The highest BCUT2D eigenvalue weighted by Gasteiger charge is 2.27. The Bertz CT molecular complexity index is 500. The molecule has 0 saturated heterocycles. The molecule has 6 heteroatoms. The number of hydrogen-bond donors (Lipinski definition) is 1. The molecule has 0 aliphatic carbocycles. The fraction of sp³-hybridized carbons (Fsp3) is 0.692. The van der Waals surface area contributed by atoms with Crippen molar-refractivity contribution >= 4 is 10.0 Å². The van der Waals surface area contributed by atoms with Gasteiger partial charge in [0.2, 0.25) is 5.09 Å². The molecule has 0 bridgehead atoms. The van der Waals surface area contributed by atoms with Gasteiger partial charge in [-0.2, -0.15) is 4.31 Å². The fourth-order valence-electron chi connectivity index (χ4n) is 1.75. The van der Waals surface area contributed by atoms with Crippen LogP contribution in [0.3, 0.4) is 0 Å². The second-order valence-electron chi connectivity index (χ2n) is 5.82. The van der Waals surface area contributed by atoms with E-state index in [0.717, 1.165) is 6.54 Å². The van der Waals surface area contributed by atoms with Crippen LogP contribution in [0.15, 0.2) is 21.6 Å². The summed E-state index contributed by atoms with van der Waals surface area (Å²) in [6.45, 7) is 9.77. The van der Waals surface area contributed by atoms with E-state index in [4.69, 9.17) is 4.42 Å². The van der Waals surface area contributed by atoms with E-state index < -0.39 is 10.0 Å². The highest BCUT2D eigenvalue weighted by molar-refractivity contribution is 7.89. The summed E-state index contributed by atoms with van der Waals surface area (Å²) in [7, 11) is -1.96. The summed E-state index contributed by atoms with van der Waals surface area (Å²) in [4.78, 5) is 0. The normalized spacial score (nSPS) is 13.2. The van der Waals surface area contributed by atoms with Crippen LogP contribution in [0, 0.1) is 5.41 Å². The van der Waals surface area contributed by atoms with Crippen LogP contribution in [0.25, 0.3) is 0 Å². The fourth-order valence-corrected chi connectivity index (χ4v) is 3.06. The molecule has 0 radical (unpaired) electrons. The minimum Gasteiger partial charge on any atom is -0.447 e. The Kier molecular flexibility index (Phi) is 5.18. The average Bonchev–Trinajstić information content (AvgIpc) is 2.73. The maximum Gasteiger partial charge on any atom is 0.276 e. The molecule has 1 heterocycles. The van der Waals surface area contributed by atoms with E-state index in [1.54, 1.807) is 13.1 Å². The zero-order chi connectivity index (χ0) is 14.7. The van der Waals surface area contributed by atoms with Crippen LogP contribution in [0.5, 0.6) is 0 Å². The second-order valence-corrected chi connectivity index (χ2v) is 7.80. The number of hydrogen-bond acceptors (Lipinski definition) is 4. The number of nitrogens with zero attached hydrogens (tertiary/aromatic N) is 1. The molecule has 1 rings (SSSR count). The first-order valence-electron chi connectivity index (χ1n) is 6.42. The van der Waals surface area contributed by atoms with Crippen molar-refractivity contribution in [1.29, 1.82) is 0 Å². The lowest BCUT2D eigenvalue weighted by Crippen LogP contribution is -2.34. The lowest BCUT2D eigenvalue weighted by molar-refractivity contribution is 0.302. The number of rotatable bonds is 6. The van der Waals surface area contributed by atoms with E-state index in [9.17, 15) is 8.42 Å². The Labute approximate surface area is 116 Å². The topological polar surface area (TPSA) is 62.6 Å². The first-order chi connectivity index (χ1) is 8.66. The Morgan fingerprint density at radius 3 is 2.47 bits per heavy atom. The molecule has 5 nitrogen and oxygen atoms in total. The lowest BCUT2D eigenvalue weighted by atomic mass is 9.97. The van der Waals surface area contributed by atoms with Crippen molar-refractivity contribution in [2.24, 2.45) is 5.41 Å². The minimum atomic E-state index is -3.54. The second kappa shape index (κ2) is 6.07. The van der Waals surface area contributed by atoms with Crippen molar-refractivity contribution in [2.45, 2.75) is 39.3 Å². The van der Waals surface area contributed by atoms with Crippen molar-refractivity contribution in [2.75, 3.05) is 20.1 Å². The van der Waals surface area contributed by atoms with E-state index in [1.807, 2.05) is 27.7 Å². The molecular weight excluding hydrogens is 264 g/mol. The van der Waals surface area contributed by atoms with E-state index in [2.05, 4.69) is 5.32 Å². The molecule has 1 aromatic rings. The van der Waals surface area contributed by atoms with Crippen molar-refractivity contribution in [3.05, 3.63) is 17.9 Å². The molecule has 0 unspecified atom stereocenters. The quantitative estimate of drug-likeness (QED) is 0.870. The highest BCUT2D eigenvalue weighted by atomic mass is 32.2. The van der Waals surface area contributed by atoms with Crippen LogP contribution in [-0.2, 0) is 16.6 Å². The predicted molar refractivity (Wildman–Crippen MR) is 75.4 cm³/mol. The number of nitrogens with one attached hydrogen (secondary N) is 1. The largest absolute Gasteiger partial charge is 0.447 e. The molecule has 0 amide bonds. The minimum absolute atomic E-state index is 0.00662. The van der Waals surface area contributed by atoms with E-state index in [-0.39, 0.29) is 10.5 Å². The van der Waals surface area contributed by atoms with Crippen molar-refractivity contribution in [3.63, 3.8) is 0 Å². The summed E-state index contributed by atoms with van der Waals surface area (Å²) in [5.74, 6) is 0.629. The van der Waals surface area contributed by atoms with Crippen LogP contribution in [0.1, 0.15) is 33.5 Å². The molecule has 0 fully saturated rings. The van der Waals surface area contributed by atoms with Gasteiger partial charge in [-0.05, 0) is 24.1 Å². The predicted octanol–water partition coefficient (Wildman–Crippen LogP) is 2.06. The molecule has 0 atom stereocenters. The lowest BCUT2D eigenvalue weighted by Gasteiger charge is -2.25. The Morgan fingerprint density at radius 2 is 1.95 bits per heavy atom. The van der Waals surface area contributed by atoms with Gasteiger partial charge in [0.1, 0.15) is 5.76 Å². The third-order valence-electron chi connectivity index (χ3n) is 2.55. The maximum absolute atomic E-state index is 12.3. The average molecular weight is 288 g/mol. The van der Waals surface area contributed by atoms with Crippen LogP contribution in [0.4, 0.5) is 0 Å². The van der Waals surface area contributed by atoms with Crippen LogP contribution < -0.4 is 5.32 Å². The van der Waals surface area contributed by atoms with Crippen LogP contribution >= 0.6 is 0 Å². The monoisotopic (exact) mass is 288 g/mol. The van der Waals surface area contributed by atoms with Gasteiger partial charge in [-0.3, -0.25) is 0 Å². The summed E-state index contributed by atoms with van der Waals surface area (Å²) in [5, 5.41) is 3.10. The number of furan rings is 1. The molecule has 0 saturated carbocycles. The van der Waals surface area contributed by atoms with Gasteiger partial charge in [-0.1, -0.05) is 27.7 Å². The molecule has 0 aliphatic rings. The molecule has 1 aromatic heterocycles. The highest BCUT2D eigenvalue weighted by Crippen LogP contribution is 2.22. The molecule has 19 heavy (non-hydrogen) atoms. The van der Waals surface area contributed by atoms with E-state index >= 15 is 0 Å². The Morgan fingerprint density at radius 1 is 1.32 bits per heavy atom. The summed E-state index contributed by atoms with van der Waals surface area (Å²) in [6.07, 6.45) is 0. The zero-order valence-electron chi connectivity index (χ0n) is 12.4. The first-order valence-corrected chi connectivity index (χ1v) is 7.86. The molecule has 110 valence electrons. The Hall–Kier alpha value is -0.850. The van der Waals surface area contributed by atoms with Gasteiger partial charge in [0.15, 0.2) is 0 Å². The summed E-state index contributed by atoms with van der Waals surface area (Å²) >= 11 is 0. The molecule has 0 aliphatic heterocycles. The van der Waals surface area contributed by atoms with Crippen molar-refractivity contribution in [1.82, 2.24) is 9.62 Å². The van der Waals surface area contributed by atoms with E-state index in [0.29, 0.717) is 18.8 Å². The van der Waals surface area contributed by atoms with Gasteiger partial charge >= 0.3 is 0 Å². The number of sulfonamides is 1. The van der Waals surface area contributed by atoms with E-state index in [1.165, 1.54) is 10.4 Å². The third kappa shape index (κ3) is 4.63. The maximum atomic E-state index is 12.3. The van der Waals surface area contributed by atoms with Gasteiger partial charge in [0.05, 0.1) is 6.54 Å². The van der Waals surface area contributed by atoms with Gasteiger partial charge in [-0.15, -0.1) is 0 Å². The van der Waals surface area contributed by atoms with Crippen LogP contribution in [-0.4, -0.2) is 32.9 Å². The summed E-state index contributed by atoms with van der Waals surface area (Å²) in [6, 6.07) is 3.21. The molecular formula is C13H24N2O3S. The first kappa shape index (κ1) is 16.2. The van der Waals surface area contributed by atoms with Gasteiger partial charge in [0.25, 0.3) is 10.0 Å². The SMILES string of the molecule is CCNCc1ccc(S(=O)(=O)N(C)CC(C)(C)C)o1.